The monoisotopic (exact) mass is 615 g/mol. The lowest BCUT2D eigenvalue weighted by Gasteiger charge is -2.25. The summed E-state index contributed by atoms with van der Waals surface area (Å²) in [4.78, 5) is 15.6. The molecule has 0 saturated carbocycles. The highest BCUT2D eigenvalue weighted by atomic mass is 79.9. The van der Waals surface area contributed by atoms with Gasteiger partial charge in [0.05, 0.1) is 12.1 Å². The van der Waals surface area contributed by atoms with E-state index < -0.39 is 23.8 Å². The van der Waals surface area contributed by atoms with Crippen LogP contribution in [0.25, 0.3) is 0 Å². The Bertz CT molecular complexity index is 1240. The Kier molecular flexibility index (Phi) is 12.7. The topological polar surface area (TPSA) is 64.6 Å². The maximum atomic E-state index is 13.9. The molecule has 0 radical (unpaired) electrons. The van der Waals surface area contributed by atoms with Gasteiger partial charge in [0.2, 0.25) is 0 Å². The SMILES string of the molecule is CCCCN(C)Cc1cc(Br)cc(C(=O)N[C@@H](Cc2cc(F)cc(F)c2)[C@@H](O)CNCc2cccc(CC)c2)c1. The van der Waals surface area contributed by atoms with Crippen molar-refractivity contribution in [3.05, 3.63) is 105 Å². The van der Waals surface area contributed by atoms with Crippen LogP contribution in [0.5, 0.6) is 0 Å². The third-order valence-electron chi connectivity index (χ3n) is 6.81. The summed E-state index contributed by atoms with van der Waals surface area (Å²) >= 11 is 3.51. The normalized spacial score (nSPS) is 12.9. The number of nitrogens with one attached hydrogen (secondary N) is 2. The predicted molar refractivity (Wildman–Crippen MR) is 160 cm³/mol. The molecule has 2 atom stereocenters. The highest BCUT2D eigenvalue weighted by Crippen LogP contribution is 2.19. The largest absolute Gasteiger partial charge is 0.390 e. The second kappa shape index (κ2) is 16.0. The van der Waals surface area contributed by atoms with E-state index in [0.717, 1.165) is 47.5 Å². The molecule has 5 nitrogen and oxygen atoms in total. The molecule has 0 aromatic heterocycles. The van der Waals surface area contributed by atoms with Crippen LogP contribution in [0.1, 0.15) is 59.3 Å². The van der Waals surface area contributed by atoms with E-state index in [4.69, 9.17) is 0 Å². The number of aryl methyl sites for hydroxylation is 1. The molecule has 0 aliphatic carbocycles. The fourth-order valence-corrected chi connectivity index (χ4v) is 5.22. The molecular formula is C32H40BrF2N3O2. The van der Waals surface area contributed by atoms with Crippen molar-refractivity contribution in [3.8, 4) is 0 Å². The number of amides is 1. The number of hydrogen-bond acceptors (Lipinski definition) is 4. The molecular weight excluding hydrogens is 576 g/mol. The summed E-state index contributed by atoms with van der Waals surface area (Å²) in [6, 6.07) is 16.2. The quantitative estimate of drug-likeness (QED) is 0.196. The first-order valence-electron chi connectivity index (χ1n) is 13.9. The van der Waals surface area contributed by atoms with Gasteiger partial charge in [-0.05, 0) is 85.4 Å². The number of rotatable bonds is 15. The summed E-state index contributed by atoms with van der Waals surface area (Å²) in [5.41, 5.74) is 4.09. The molecule has 8 heteroatoms. The van der Waals surface area contributed by atoms with Crippen molar-refractivity contribution in [2.75, 3.05) is 20.1 Å². The molecule has 0 spiro atoms. The molecule has 0 bridgehead atoms. The summed E-state index contributed by atoms with van der Waals surface area (Å²) < 4.78 is 28.6. The van der Waals surface area contributed by atoms with Gasteiger partial charge < -0.3 is 20.6 Å². The zero-order valence-corrected chi connectivity index (χ0v) is 25.1. The molecule has 3 aromatic rings. The second-order valence-electron chi connectivity index (χ2n) is 10.4. The van der Waals surface area contributed by atoms with Crippen molar-refractivity contribution in [2.45, 2.75) is 64.8 Å². The molecule has 216 valence electrons. The average molecular weight is 617 g/mol. The Morgan fingerprint density at radius 2 is 1.70 bits per heavy atom. The molecule has 0 aliphatic heterocycles. The van der Waals surface area contributed by atoms with Gasteiger partial charge in [-0.1, -0.05) is 60.5 Å². The molecule has 0 saturated heterocycles. The summed E-state index contributed by atoms with van der Waals surface area (Å²) in [7, 11) is 2.05. The van der Waals surface area contributed by atoms with Crippen molar-refractivity contribution in [1.29, 1.82) is 0 Å². The van der Waals surface area contributed by atoms with Crippen molar-refractivity contribution < 1.29 is 18.7 Å². The fourth-order valence-electron chi connectivity index (χ4n) is 4.68. The van der Waals surface area contributed by atoms with Gasteiger partial charge in [-0.25, -0.2) is 8.78 Å². The van der Waals surface area contributed by atoms with Crippen molar-refractivity contribution >= 4 is 21.8 Å². The van der Waals surface area contributed by atoms with E-state index >= 15 is 0 Å². The zero-order chi connectivity index (χ0) is 29.1. The minimum atomic E-state index is -1.00. The first kappa shape index (κ1) is 31.9. The molecule has 0 heterocycles. The number of nitrogens with zero attached hydrogens (tertiary/aromatic N) is 1. The predicted octanol–water partition coefficient (Wildman–Crippen LogP) is 6.01. The third-order valence-corrected chi connectivity index (χ3v) is 7.26. The molecule has 3 aromatic carbocycles. The first-order valence-corrected chi connectivity index (χ1v) is 14.7. The van der Waals surface area contributed by atoms with E-state index in [9.17, 15) is 18.7 Å². The third kappa shape index (κ3) is 10.4. The number of unbranched alkanes of at least 4 members (excludes halogenated alkanes) is 1. The van der Waals surface area contributed by atoms with Crippen LogP contribution < -0.4 is 10.6 Å². The number of aliphatic hydroxyl groups is 1. The van der Waals surface area contributed by atoms with Gasteiger partial charge >= 0.3 is 0 Å². The van der Waals surface area contributed by atoms with E-state index in [2.05, 4.69) is 57.4 Å². The van der Waals surface area contributed by atoms with Crippen LogP contribution in [0.2, 0.25) is 0 Å². The number of benzene rings is 3. The standard InChI is InChI=1S/C32H40BrF2N3O2/c1-4-6-10-38(3)21-25-12-26(17-27(33)13-25)32(40)37-30(16-24-14-28(34)18-29(35)15-24)31(39)20-36-19-23-9-7-8-22(5-2)11-23/h7-9,11-15,17-18,30-31,36,39H,4-6,10,16,19-21H2,1-3H3,(H,37,40)/t30-,31-/m0/s1. The summed E-state index contributed by atoms with van der Waals surface area (Å²) in [5.74, 6) is -1.77. The van der Waals surface area contributed by atoms with Gasteiger partial charge in [0, 0.05) is 35.7 Å². The summed E-state index contributed by atoms with van der Waals surface area (Å²) in [6.45, 7) is 6.62. The molecule has 3 rings (SSSR count). The molecule has 40 heavy (non-hydrogen) atoms. The smallest absolute Gasteiger partial charge is 0.251 e. The lowest BCUT2D eigenvalue weighted by Crippen LogP contribution is -2.48. The second-order valence-corrected chi connectivity index (χ2v) is 11.3. The van der Waals surface area contributed by atoms with Crippen molar-refractivity contribution in [2.24, 2.45) is 0 Å². The number of hydrogen-bond donors (Lipinski definition) is 3. The number of carbonyl (C=O) groups excluding carboxylic acids is 1. The van der Waals surface area contributed by atoms with Crippen LogP contribution in [-0.2, 0) is 25.9 Å². The lowest BCUT2D eigenvalue weighted by molar-refractivity contribution is 0.0829. The first-order chi connectivity index (χ1) is 19.2. The highest BCUT2D eigenvalue weighted by molar-refractivity contribution is 9.10. The van der Waals surface area contributed by atoms with E-state index in [1.807, 2.05) is 31.3 Å². The van der Waals surface area contributed by atoms with Gasteiger partial charge in [0.15, 0.2) is 0 Å². The summed E-state index contributed by atoms with van der Waals surface area (Å²) in [6.07, 6.45) is 2.19. The maximum Gasteiger partial charge on any atom is 0.251 e. The minimum absolute atomic E-state index is 0.0647. The minimum Gasteiger partial charge on any atom is -0.390 e. The van der Waals surface area contributed by atoms with Gasteiger partial charge in [-0.15, -0.1) is 0 Å². The van der Waals surface area contributed by atoms with Crippen LogP contribution >= 0.6 is 15.9 Å². The Hall–Kier alpha value is -2.65. The van der Waals surface area contributed by atoms with Crippen molar-refractivity contribution in [3.63, 3.8) is 0 Å². The van der Waals surface area contributed by atoms with E-state index in [-0.39, 0.29) is 18.9 Å². The fraction of sp³-hybridized carbons (Fsp3) is 0.406. The summed E-state index contributed by atoms with van der Waals surface area (Å²) in [5, 5.41) is 17.3. The van der Waals surface area contributed by atoms with Gasteiger partial charge in [0.1, 0.15) is 11.6 Å². The molecule has 0 fully saturated rings. The Morgan fingerprint density at radius 1 is 0.975 bits per heavy atom. The van der Waals surface area contributed by atoms with Crippen LogP contribution in [0.15, 0.2) is 65.1 Å². The molecule has 3 N–H and O–H groups in total. The molecule has 0 unspecified atom stereocenters. The number of aliphatic hydroxyl groups excluding tert-OH is 1. The van der Waals surface area contributed by atoms with E-state index in [1.165, 1.54) is 17.7 Å². The Morgan fingerprint density at radius 3 is 2.40 bits per heavy atom. The number of halogens is 3. The van der Waals surface area contributed by atoms with Crippen LogP contribution in [-0.4, -0.2) is 48.2 Å². The van der Waals surface area contributed by atoms with E-state index in [0.29, 0.717) is 24.2 Å². The van der Waals surface area contributed by atoms with Gasteiger partial charge in [0.25, 0.3) is 5.91 Å². The Balaban J connectivity index is 1.74. The Labute approximate surface area is 245 Å². The van der Waals surface area contributed by atoms with Gasteiger partial charge in [-0.2, -0.15) is 0 Å². The van der Waals surface area contributed by atoms with Crippen LogP contribution in [0, 0.1) is 11.6 Å². The van der Waals surface area contributed by atoms with Crippen LogP contribution in [0.3, 0.4) is 0 Å². The van der Waals surface area contributed by atoms with Crippen molar-refractivity contribution in [1.82, 2.24) is 15.5 Å². The van der Waals surface area contributed by atoms with Gasteiger partial charge in [-0.3, -0.25) is 4.79 Å². The maximum absolute atomic E-state index is 13.9. The highest BCUT2D eigenvalue weighted by Gasteiger charge is 2.23. The van der Waals surface area contributed by atoms with E-state index in [1.54, 1.807) is 6.07 Å². The zero-order valence-electron chi connectivity index (χ0n) is 23.5. The van der Waals surface area contributed by atoms with Crippen LogP contribution in [0.4, 0.5) is 8.78 Å². The average Bonchev–Trinajstić information content (AvgIpc) is 2.90. The molecule has 0 aliphatic rings. The number of carbonyl (C=O) groups is 1. The lowest BCUT2D eigenvalue weighted by atomic mass is 9.99. The molecule has 1 amide bonds.